The van der Waals surface area contributed by atoms with E-state index >= 15 is 0 Å². The molecule has 0 spiro atoms. The molecular formula is C10H9ClO5. The van der Waals surface area contributed by atoms with Crippen LogP contribution in [0.2, 0.25) is 5.02 Å². The maximum Gasteiger partial charge on any atom is 0.341 e. The highest BCUT2D eigenvalue weighted by atomic mass is 35.5. The van der Waals surface area contributed by atoms with Gasteiger partial charge in [-0.1, -0.05) is 11.6 Å². The largest absolute Gasteiger partial charge is 0.486 e. The van der Waals surface area contributed by atoms with E-state index < -0.39 is 12.6 Å². The van der Waals surface area contributed by atoms with E-state index in [0.29, 0.717) is 29.7 Å². The lowest BCUT2D eigenvalue weighted by atomic mass is 10.3. The SMILES string of the molecule is O=C(O)COc1cc2c(cc1Cl)OCCO2. The van der Waals surface area contributed by atoms with Crippen molar-refractivity contribution in [1.82, 2.24) is 0 Å². The van der Waals surface area contributed by atoms with Gasteiger partial charge in [-0.3, -0.25) is 0 Å². The van der Waals surface area contributed by atoms with Crippen molar-refractivity contribution >= 4 is 17.6 Å². The first-order chi connectivity index (χ1) is 7.66. The molecule has 0 saturated carbocycles. The summed E-state index contributed by atoms with van der Waals surface area (Å²) in [7, 11) is 0. The molecule has 1 heterocycles. The molecule has 0 aromatic heterocycles. The molecule has 0 saturated heterocycles. The van der Waals surface area contributed by atoms with Crippen molar-refractivity contribution in [2.45, 2.75) is 0 Å². The molecule has 1 aliphatic rings. The van der Waals surface area contributed by atoms with Gasteiger partial charge < -0.3 is 19.3 Å². The van der Waals surface area contributed by atoms with E-state index in [-0.39, 0.29) is 5.75 Å². The molecule has 0 bridgehead atoms. The molecule has 1 aliphatic heterocycles. The van der Waals surface area contributed by atoms with Crippen molar-refractivity contribution in [3.63, 3.8) is 0 Å². The zero-order valence-electron chi connectivity index (χ0n) is 8.23. The molecule has 2 rings (SSSR count). The van der Waals surface area contributed by atoms with Gasteiger partial charge in [0, 0.05) is 12.1 Å². The number of hydrogen-bond donors (Lipinski definition) is 1. The summed E-state index contributed by atoms with van der Waals surface area (Å²) in [5, 5.41) is 8.78. The lowest BCUT2D eigenvalue weighted by Gasteiger charge is -2.19. The Morgan fingerprint density at radius 3 is 2.62 bits per heavy atom. The topological polar surface area (TPSA) is 65.0 Å². The number of carboxylic acids is 1. The summed E-state index contributed by atoms with van der Waals surface area (Å²) in [6.07, 6.45) is 0. The molecule has 0 radical (unpaired) electrons. The molecule has 6 heteroatoms. The van der Waals surface area contributed by atoms with E-state index in [0.717, 1.165) is 0 Å². The molecule has 0 fully saturated rings. The van der Waals surface area contributed by atoms with Crippen LogP contribution in [0, 0.1) is 0 Å². The van der Waals surface area contributed by atoms with Gasteiger partial charge in [0.1, 0.15) is 19.0 Å². The molecule has 1 aromatic rings. The van der Waals surface area contributed by atoms with Crippen LogP contribution in [0.25, 0.3) is 0 Å². The third-order valence-corrected chi connectivity index (χ3v) is 2.24. The number of carbonyl (C=O) groups is 1. The van der Waals surface area contributed by atoms with E-state index in [2.05, 4.69) is 0 Å². The Balaban J connectivity index is 2.21. The van der Waals surface area contributed by atoms with E-state index in [1.165, 1.54) is 6.07 Å². The Hall–Kier alpha value is -1.62. The standard InChI is InChI=1S/C10H9ClO5/c11-6-3-8-9(15-2-1-14-8)4-7(6)16-5-10(12)13/h3-4H,1-2,5H2,(H,12,13). The zero-order chi connectivity index (χ0) is 11.5. The third-order valence-electron chi connectivity index (χ3n) is 1.95. The average Bonchev–Trinajstić information content (AvgIpc) is 2.26. The van der Waals surface area contributed by atoms with Crippen molar-refractivity contribution in [2.24, 2.45) is 0 Å². The summed E-state index contributed by atoms with van der Waals surface area (Å²) < 4.78 is 15.6. The first-order valence-electron chi connectivity index (χ1n) is 4.60. The highest BCUT2D eigenvalue weighted by Crippen LogP contribution is 2.39. The van der Waals surface area contributed by atoms with Crippen LogP contribution in [0.5, 0.6) is 17.2 Å². The number of halogens is 1. The van der Waals surface area contributed by atoms with E-state index in [1.807, 2.05) is 0 Å². The van der Waals surface area contributed by atoms with Crippen LogP contribution in [0.4, 0.5) is 0 Å². The van der Waals surface area contributed by atoms with Crippen LogP contribution in [0.3, 0.4) is 0 Å². The van der Waals surface area contributed by atoms with Gasteiger partial charge in [-0.2, -0.15) is 0 Å². The molecule has 0 unspecified atom stereocenters. The van der Waals surface area contributed by atoms with Crippen LogP contribution in [-0.4, -0.2) is 30.9 Å². The number of rotatable bonds is 3. The second kappa shape index (κ2) is 4.49. The monoisotopic (exact) mass is 244 g/mol. The lowest BCUT2D eigenvalue weighted by molar-refractivity contribution is -0.139. The highest BCUT2D eigenvalue weighted by Gasteiger charge is 2.16. The minimum atomic E-state index is -1.06. The number of ether oxygens (including phenoxy) is 3. The van der Waals surface area contributed by atoms with Crippen molar-refractivity contribution < 1.29 is 24.1 Å². The van der Waals surface area contributed by atoms with Gasteiger partial charge in [0.2, 0.25) is 0 Å². The van der Waals surface area contributed by atoms with E-state index in [9.17, 15) is 4.79 Å². The summed E-state index contributed by atoms with van der Waals surface area (Å²) in [6.45, 7) is 0.477. The molecule has 0 aliphatic carbocycles. The molecule has 0 atom stereocenters. The predicted octanol–water partition coefficient (Wildman–Crippen LogP) is 1.57. The molecule has 5 nitrogen and oxygen atoms in total. The minimum Gasteiger partial charge on any atom is -0.486 e. The summed E-state index contributed by atoms with van der Waals surface area (Å²) in [5.74, 6) is 0.259. The number of carboxylic acid groups (broad SMARTS) is 1. The first-order valence-corrected chi connectivity index (χ1v) is 4.98. The first kappa shape index (κ1) is 10.9. The van der Waals surface area contributed by atoms with Crippen LogP contribution in [0.15, 0.2) is 12.1 Å². The molecule has 86 valence electrons. The van der Waals surface area contributed by atoms with E-state index in [4.69, 9.17) is 30.9 Å². The van der Waals surface area contributed by atoms with Gasteiger partial charge in [0.15, 0.2) is 18.1 Å². The third kappa shape index (κ3) is 2.30. The maximum absolute atomic E-state index is 10.3. The molecule has 1 N–H and O–H groups in total. The number of benzene rings is 1. The average molecular weight is 245 g/mol. The summed E-state index contributed by atoms with van der Waals surface area (Å²) in [6, 6.07) is 3.08. The number of aliphatic carboxylic acids is 1. The van der Waals surface area contributed by atoms with Gasteiger partial charge in [-0.05, 0) is 0 Å². The Morgan fingerprint density at radius 2 is 2.00 bits per heavy atom. The Kier molecular flexibility index (Phi) is 3.05. The minimum absolute atomic E-state index is 0.272. The van der Waals surface area contributed by atoms with Gasteiger partial charge >= 0.3 is 5.97 Å². The van der Waals surface area contributed by atoms with Crippen LogP contribution >= 0.6 is 11.6 Å². The van der Waals surface area contributed by atoms with Crippen molar-refractivity contribution in [2.75, 3.05) is 19.8 Å². The van der Waals surface area contributed by atoms with Crippen LogP contribution < -0.4 is 14.2 Å². The van der Waals surface area contributed by atoms with Crippen molar-refractivity contribution in [1.29, 1.82) is 0 Å². The van der Waals surface area contributed by atoms with Gasteiger partial charge in [0.05, 0.1) is 5.02 Å². The summed E-state index contributed by atoms with van der Waals surface area (Å²) in [4.78, 5) is 10.3. The Bertz CT molecular complexity index is 418. The number of hydrogen-bond acceptors (Lipinski definition) is 4. The molecule has 0 amide bonds. The Morgan fingerprint density at radius 1 is 1.38 bits per heavy atom. The lowest BCUT2D eigenvalue weighted by Crippen LogP contribution is -2.16. The fourth-order valence-corrected chi connectivity index (χ4v) is 1.50. The highest BCUT2D eigenvalue weighted by molar-refractivity contribution is 6.32. The summed E-state index contributed by atoms with van der Waals surface area (Å²) >= 11 is 5.89. The maximum atomic E-state index is 10.3. The van der Waals surface area contributed by atoms with Gasteiger partial charge in [-0.25, -0.2) is 4.79 Å². The Labute approximate surface area is 96.5 Å². The number of fused-ring (bicyclic) bond motifs is 1. The predicted molar refractivity (Wildman–Crippen MR) is 55.6 cm³/mol. The second-order valence-electron chi connectivity index (χ2n) is 3.11. The molecule has 16 heavy (non-hydrogen) atoms. The molecular weight excluding hydrogens is 236 g/mol. The fourth-order valence-electron chi connectivity index (χ4n) is 1.30. The van der Waals surface area contributed by atoms with E-state index in [1.54, 1.807) is 6.07 Å². The molecule has 1 aromatic carbocycles. The van der Waals surface area contributed by atoms with Crippen molar-refractivity contribution in [3.8, 4) is 17.2 Å². The van der Waals surface area contributed by atoms with Crippen LogP contribution in [-0.2, 0) is 4.79 Å². The quantitative estimate of drug-likeness (QED) is 0.874. The fraction of sp³-hybridized carbons (Fsp3) is 0.300. The van der Waals surface area contributed by atoms with Gasteiger partial charge in [-0.15, -0.1) is 0 Å². The normalized spacial score (nSPS) is 13.3. The zero-order valence-corrected chi connectivity index (χ0v) is 8.99. The summed E-state index contributed by atoms with van der Waals surface area (Å²) in [5.41, 5.74) is 0. The van der Waals surface area contributed by atoms with Crippen LogP contribution in [0.1, 0.15) is 0 Å². The second-order valence-corrected chi connectivity index (χ2v) is 3.52. The van der Waals surface area contributed by atoms with Gasteiger partial charge in [0.25, 0.3) is 0 Å². The van der Waals surface area contributed by atoms with Crippen molar-refractivity contribution in [3.05, 3.63) is 17.2 Å². The smallest absolute Gasteiger partial charge is 0.341 e.